The Balaban J connectivity index is 1.19. The molecule has 1 fully saturated rings. The molecule has 3 rings (SSSR count). The van der Waals surface area contributed by atoms with Crippen molar-refractivity contribution < 1.29 is 14.3 Å². The highest BCUT2D eigenvalue weighted by atomic mass is 32.1. The molecule has 0 aliphatic carbocycles. The van der Waals surface area contributed by atoms with Gasteiger partial charge >= 0.3 is 6.03 Å². The number of carbonyl (C=O) groups excluding carboxylic acids is 1. The minimum Gasteiger partial charge on any atom is -0.491 e. The molecule has 0 saturated carbocycles. The number of urea groups is 1. The summed E-state index contributed by atoms with van der Waals surface area (Å²) in [5.74, 6) is 0.633. The molecular formula is C26H35N5O3S2. The number of hydrogen-bond acceptors (Lipinski definition) is 6. The summed E-state index contributed by atoms with van der Waals surface area (Å²) < 4.78 is 14.4. The van der Waals surface area contributed by atoms with Gasteiger partial charge in [0.25, 0.3) is 0 Å². The monoisotopic (exact) mass is 529 g/mol. The van der Waals surface area contributed by atoms with E-state index in [1.165, 1.54) is 12.1 Å². The van der Waals surface area contributed by atoms with Gasteiger partial charge in [-0.15, -0.1) is 4.36 Å². The molecule has 0 bridgehead atoms. The SMILES string of the molecule is O=C(N=S)Nc1ccccc1OCCCCCCCCNC(=S)Nc1ccc(N2CCOCC2)cc1. The van der Waals surface area contributed by atoms with Crippen molar-refractivity contribution >= 4 is 52.8 Å². The number of amides is 2. The lowest BCUT2D eigenvalue weighted by Gasteiger charge is -2.29. The highest BCUT2D eigenvalue weighted by molar-refractivity contribution is 7.80. The maximum atomic E-state index is 11.4. The average molecular weight is 530 g/mol. The van der Waals surface area contributed by atoms with E-state index in [0.717, 1.165) is 70.6 Å². The fourth-order valence-electron chi connectivity index (χ4n) is 3.90. The van der Waals surface area contributed by atoms with Crippen LogP contribution in [-0.2, 0) is 17.2 Å². The summed E-state index contributed by atoms with van der Waals surface area (Å²) in [5, 5.41) is 9.82. The van der Waals surface area contributed by atoms with Gasteiger partial charge in [0.2, 0.25) is 0 Å². The van der Waals surface area contributed by atoms with Gasteiger partial charge in [-0.1, -0.05) is 37.8 Å². The maximum Gasteiger partial charge on any atom is 0.356 e. The second kappa shape index (κ2) is 16.0. The Kier molecular flexibility index (Phi) is 12.4. The van der Waals surface area contributed by atoms with Gasteiger partial charge in [0.15, 0.2) is 5.11 Å². The first-order chi connectivity index (χ1) is 17.7. The van der Waals surface area contributed by atoms with Crippen molar-refractivity contribution in [3.63, 3.8) is 0 Å². The molecule has 0 aromatic heterocycles. The van der Waals surface area contributed by atoms with Crippen molar-refractivity contribution in [1.82, 2.24) is 5.32 Å². The van der Waals surface area contributed by atoms with Gasteiger partial charge in [0, 0.05) is 43.4 Å². The van der Waals surface area contributed by atoms with Crippen molar-refractivity contribution in [3.05, 3.63) is 48.5 Å². The van der Waals surface area contributed by atoms with Gasteiger partial charge in [0.05, 0.1) is 25.5 Å². The highest BCUT2D eigenvalue weighted by Crippen LogP contribution is 2.24. The number of ether oxygens (including phenoxy) is 2. The molecule has 0 spiro atoms. The number of benzene rings is 2. The number of para-hydroxylation sites is 2. The van der Waals surface area contributed by atoms with Crippen LogP contribution in [-0.4, -0.2) is 50.6 Å². The molecule has 2 aromatic carbocycles. The second-order valence-electron chi connectivity index (χ2n) is 8.51. The van der Waals surface area contributed by atoms with Crippen molar-refractivity contribution in [2.75, 3.05) is 55.0 Å². The van der Waals surface area contributed by atoms with Crippen LogP contribution in [0.2, 0.25) is 0 Å². The van der Waals surface area contributed by atoms with Crippen molar-refractivity contribution in [2.45, 2.75) is 38.5 Å². The Morgan fingerprint density at radius 1 is 0.944 bits per heavy atom. The molecule has 0 atom stereocenters. The van der Waals surface area contributed by atoms with E-state index in [-0.39, 0.29) is 0 Å². The zero-order valence-corrected chi connectivity index (χ0v) is 22.2. The number of hydrogen-bond donors (Lipinski definition) is 3. The molecule has 1 aliphatic heterocycles. The third-order valence-electron chi connectivity index (χ3n) is 5.83. The smallest absolute Gasteiger partial charge is 0.356 e. The van der Waals surface area contributed by atoms with E-state index in [4.69, 9.17) is 21.7 Å². The Hall–Kier alpha value is -2.82. The molecule has 194 valence electrons. The summed E-state index contributed by atoms with van der Waals surface area (Å²) in [6.45, 7) is 4.90. The Morgan fingerprint density at radius 2 is 1.64 bits per heavy atom. The number of carbonyl (C=O) groups is 1. The molecule has 1 aliphatic rings. The minimum absolute atomic E-state index is 0.565. The normalized spacial score (nSPS) is 13.1. The molecule has 3 N–H and O–H groups in total. The molecule has 2 amide bonds. The van der Waals surface area contributed by atoms with Crippen LogP contribution < -0.4 is 25.6 Å². The zero-order chi connectivity index (χ0) is 25.4. The summed E-state index contributed by atoms with van der Waals surface area (Å²) >= 11 is 9.83. The van der Waals surface area contributed by atoms with E-state index < -0.39 is 6.03 Å². The number of anilines is 3. The number of morpholine rings is 1. The topological polar surface area (TPSA) is 87.2 Å². The van der Waals surface area contributed by atoms with Crippen LogP contribution >= 0.6 is 12.2 Å². The zero-order valence-electron chi connectivity index (χ0n) is 20.5. The lowest BCUT2D eigenvalue weighted by Crippen LogP contribution is -2.36. The third kappa shape index (κ3) is 10.0. The molecule has 10 heteroatoms. The number of rotatable bonds is 13. The van der Waals surface area contributed by atoms with Crippen LogP contribution in [0, 0.1) is 0 Å². The van der Waals surface area contributed by atoms with Crippen LogP contribution in [0.3, 0.4) is 0 Å². The largest absolute Gasteiger partial charge is 0.491 e. The van der Waals surface area contributed by atoms with E-state index in [2.05, 4.69) is 61.9 Å². The predicted molar refractivity (Wildman–Crippen MR) is 152 cm³/mol. The fourth-order valence-corrected chi connectivity index (χ4v) is 4.17. The van der Waals surface area contributed by atoms with Crippen molar-refractivity contribution in [1.29, 1.82) is 0 Å². The lowest BCUT2D eigenvalue weighted by atomic mass is 10.1. The quantitative estimate of drug-likeness (QED) is 0.232. The maximum absolute atomic E-state index is 11.4. The van der Waals surface area contributed by atoms with Gasteiger partial charge in [0.1, 0.15) is 5.75 Å². The van der Waals surface area contributed by atoms with Crippen molar-refractivity contribution in [3.8, 4) is 5.75 Å². The molecule has 0 unspecified atom stereocenters. The molecular weight excluding hydrogens is 494 g/mol. The summed E-state index contributed by atoms with van der Waals surface area (Å²) in [7, 11) is 0. The number of nitrogens with zero attached hydrogens (tertiary/aromatic N) is 2. The van der Waals surface area contributed by atoms with E-state index in [1.54, 1.807) is 6.07 Å². The summed E-state index contributed by atoms with van der Waals surface area (Å²) in [6, 6.07) is 15.1. The molecule has 8 nitrogen and oxygen atoms in total. The summed E-state index contributed by atoms with van der Waals surface area (Å²) in [5.41, 5.74) is 2.79. The number of nitrogens with one attached hydrogen (secondary N) is 3. The first-order valence-corrected chi connectivity index (χ1v) is 13.3. The second-order valence-corrected chi connectivity index (χ2v) is 9.11. The van der Waals surface area contributed by atoms with E-state index >= 15 is 0 Å². The lowest BCUT2D eigenvalue weighted by molar-refractivity contribution is 0.122. The van der Waals surface area contributed by atoms with Crippen LogP contribution in [0.25, 0.3) is 0 Å². The molecule has 1 saturated heterocycles. The molecule has 2 aromatic rings. The molecule has 1 heterocycles. The molecule has 0 radical (unpaired) electrons. The Morgan fingerprint density at radius 3 is 2.39 bits per heavy atom. The van der Waals surface area contributed by atoms with Crippen LogP contribution in [0.15, 0.2) is 52.9 Å². The highest BCUT2D eigenvalue weighted by Gasteiger charge is 2.11. The number of unbranched alkanes of at least 4 members (excludes halogenated alkanes) is 5. The van der Waals surface area contributed by atoms with E-state index in [9.17, 15) is 4.79 Å². The van der Waals surface area contributed by atoms with Gasteiger partial charge < -0.3 is 30.3 Å². The van der Waals surface area contributed by atoms with Gasteiger partial charge in [-0.3, -0.25) is 0 Å². The van der Waals surface area contributed by atoms with Crippen LogP contribution in [0.5, 0.6) is 5.75 Å². The Labute approximate surface area is 224 Å². The first-order valence-electron chi connectivity index (χ1n) is 12.5. The van der Waals surface area contributed by atoms with Gasteiger partial charge in [-0.2, -0.15) is 0 Å². The molecule has 36 heavy (non-hydrogen) atoms. The minimum atomic E-state index is -0.565. The van der Waals surface area contributed by atoms with Crippen molar-refractivity contribution in [2.24, 2.45) is 4.36 Å². The predicted octanol–water partition coefficient (Wildman–Crippen LogP) is 5.49. The Bertz CT molecular complexity index is 968. The first kappa shape index (κ1) is 27.8. The third-order valence-corrected chi connectivity index (χ3v) is 6.24. The van der Waals surface area contributed by atoms with Gasteiger partial charge in [-0.05, 0) is 61.5 Å². The summed E-state index contributed by atoms with van der Waals surface area (Å²) in [6.07, 6.45) is 6.64. The summed E-state index contributed by atoms with van der Waals surface area (Å²) in [4.78, 5) is 13.7. The van der Waals surface area contributed by atoms with Crippen LogP contribution in [0.1, 0.15) is 38.5 Å². The van der Waals surface area contributed by atoms with Gasteiger partial charge in [-0.25, -0.2) is 4.79 Å². The van der Waals surface area contributed by atoms with Crippen LogP contribution in [0.4, 0.5) is 21.9 Å². The van der Waals surface area contributed by atoms with E-state index in [1.807, 2.05) is 18.2 Å². The van der Waals surface area contributed by atoms with E-state index in [0.29, 0.717) is 23.2 Å². The fraction of sp³-hybridized carbons (Fsp3) is 0.462. The standard InChI is InChI=1S/C26H35N5O3S2/c32-25(30-36)29-23-9-5-6-10-24(23)34-18-8-4-2-1-3-7-15-27-26(35)28-21-11-13-22(14-12-21)31-16-19-33-20-17-31/h5-6,9-14H,1-4,7-8,15-20H2,(H,29,32)(H2,27,28,35). The average Bonchev–Trinajstić information content (AvgIpc) is 2.91. The number of thiocarbonyl (C=S) groups is 1.